The van der Waals surface area contributed by atoms with Crippen LogP contribution >= 0.6 is 0 Å². The maximum atomic E-state index is 13.8. The van der Waals surface area contributed by atoms with E-state index in [9.17, 15) is 8.42 Å². The molecule has 0 spiro atoms. The Kier molecular flexibility index (Phi) is 9.92. The van der Waals surface area contributed by atoms with Crippen LogP contribution in [0.15, 0.2) is 0 Å². The topological polar surface area (TPSA) is 34.1 Å². The normalized spacial score (nSPS) is 16.3. The number of hydrogen-bond acceptors (Lipinski definition) is 2. The van der Waals surface area contributed by atoms with Crippen molar-refractivity contribution in [2.75, 3.05) is 0 Å². The van der Waals surface area contributed by atoms with Crippen LogP contribution in [0, 0.1) is 0 Å². The molecular formula is C18H42O2SSi2. The van der Waals surface area contributed by atoms with Gasteiger partial charge in [0.05, 0.1) is 25.9 Å². The number of sulfone groups is 1. The first-order valence-electron chi connectivity index (χ1n) is 9.98. The van der Waals surface area contributed by atoms with Crippen LogP contribution in [0.3, 0.4) is 0 Å². The van der Waals surface area contributed by atoms with Crippen LogP contribution < -0.4 is 0 Å². The van der Waals surface area contributed by atoms with Crippen LogP contribution in [-0.4, -0.2) is 34.3 Å². The summed E-state index contributed by atoms with van der Waals surface area (Å²) in [5, 5.41) is 0. The van der Waals surface area contributed by atoms with Gasteiger partial charge in [-0.15, -0.1) is 0 Å². The van der Waals surface area contributed by atoms with E-state index < -0.39 is 26.0 Å². The van der Waals surface area contributed by atoms with Gasteiger partial charge in [0.15, 0.2) is 9.84 Å². The molecule has 0 aromatic heterocycles. The number of hydrogen-bond donors (Lipinski definition) is 0. The summed E-state index contributed by atoms with van der Waals surface area (Å²) in [4.78, 5) is -0.0621. The molecule has 0 aromatic rings. The molecule has 0 aliphatic carbocycles. The first-order valence-corrected chi connectivity index (χ1v) is 17.0. The van der Waals surface area contributed by atoms with E-state index in [2.05, 4.69) is 55.4 Å². The van der Waals surface area contributed by atoms with Gasteiger partial charge in [0.2, 0.25) is 0 Å². The smallest absolute Gasteiger partial charge is 0.150 e. The average molecular weight is 379 g/mol. The third-order valence-corrected chi connectivity index (χ3v) is 26.3. The first kappa shape index (κ1) is 23.4. The third kappa shape index (κ3) is 4.32. The van der Waals surface area contributed by atoms with E-state index in [-0.39, 0.29) is 9.75 Å². The molecule has 0 bridgehead atoms. The molecule has 140 valence electrons. The minimum absolute atomic E-state index is 0.0310. The highest BCUT2D eigenvalue weighted by molar-refractivity contribution is 7.96. The van der Waals surface area contributed by atoms with Gasteiger partial charge < -0.3 is 0 Å². The molecule has 2 nitrogen and oxygen atoms in total. The lowest BCUT2D eigenvalue weighted by atomic mass is 10.6. The zero-order valence-electron chi connectivity index (χ0n) is 17.0. The fourth-order valence-electron chi connectivity index (χ4n) is 5.09. The first-order chi connectivity index (χ1) is 10.7. The van der Waals surface area contributed by atoms with Gasteiger partial charge in [-0.25, -0.2) is 8.42 Å². The molecule has 0 aliphatic rings. The van der Waals surface area contributed by atoms with Gasteiger partial charge in [0, 0.05) is 0 Å². The van der Waals surface area contributed by atoms with Crippen molar-refractivity contribution in [3.8, 4) is 0 Å². The van der Waals surface area contributed by atoms with E-state index in [1.54, 1.807) is 0 Å². The highest BCUT2D eigenvalue weighted by Gasteiger charge is 2.51. The Hall–Kier alpha value is 0.384. The Morgan fingerprint density at radius 1 is 0.565 bits per heavy atom. The van der Waals surface area contributed by atoms with Gasteiger partial charge in [-0.1, -0.05) is 91.7 Å². The van der Waals surface area contributed by atoms with E-state index in [1.807, 2.05) is 0 Å². The van der Waals surface area contributed by atoms with E-state index in [4.69, 9.17) is 0 Å². The van der Waals surface area contributed by atoms with Crippen molar-refractivity contribution < 1.29 is 8.42 Å². The SMILES string of the molecule is CCC([Si](CC)(CC)CC)S(=O)(=O)C(CC)[Si](CC)(CC)CC. The van der Waals surface area contributed by atoms with Crippen molar-refractivity contribution in [3.63, 3.8) is 0 Å². The molecule has 0 radical (unpaired) electrons. The van der Waals surface area contributed by atoms with Crippen molar-refractivity contribution in [1.29, 1.82) is 0 Å². The van der Waals surface area contributed by atoms with E-state index in [1.165, 1.54) is 0 Å². The molecule has 0 rings (SSSR count). The molecule has 0 N–H and O–H groups in total. The second kappa shape index (κ2) is 9.76. The minimum atomic E-state index is -3.03. The molecule has 2 unspecified atom stereocenters. The summed E-state index contributed by atoms with van der Waals surface area (Å²) in [7, 11) is -6.52. The van der Waals surface area contributed by atoms with Crippen LogP contribution in [0.25, 0.3) is 0 Å². The quantitative estimate of drug-likeness (QED) is 0.387. The summed E-state index contributed by atoms with van der Waals surface area (Å²) in [5.41, 5.74) is 0. The fraction of sp³-hybridized carbons (Fsp3) is 1.00. The molecule has 0 aromatic carbocycles. The van der Waals surface area contributed by atoms with E-state index in [0.29, 0.717) is 0 Å². The second-order valence-corrected chi connectivity index (χ2v) is 21.5. The maximum absolute atomic E-state index is 13.8. The summed E-state index contributed by atoms with van der Waals surface area (Å²) in [6.07, 6.45) is 1.64. The lowest BCUT2D eigenvalue weighted by molar-refractivity contribution is 0.580. The molecule has 0 aliphatic heterocycles. The molecule has 0 heterocycles. The molecule has 0 saturated carbocycles. The predicted molar refractivity (Wildman–Crippen MR) is 111 cm³/mol. The van der Waals surface area contributed by atoms with Gasteiger partial charge >= 0.3 is 0 Å². The fourth-order valence-corrected chi connectivity index (χ4v) is 23.9. The zero-order chi connectivity index (χ0) is 18.3. The van der Waals surface area contributed by atoms with Crippen molar-refractivity contribution in [3.05, 3.63) is 0 Å². The molecule has 0 saturated heterocycles. The Balaban J connectivity index is 6.15. The standard InChI is InChI=1S/C18H42O2SSi2/c1-9-17(22(11-3,12-4)13-5)21(19,20)18(10-2)23(14-6,15-7)16-8/h17-18H,9-16H2,1-8H3. The largest absolute Gasteiger partial charge is 0.229 e. The van der Waals surface area contributed by atoms with Crippen LogP contribution in [0.1, 0.15) is 68.2 Å². The molecule has 0 amide bonds. The van der Waals surface area contributed by atoms with Crippen LogP contribution in [0.5, 0.6) is 0 Å². The lowest BCUT2D eigenvalue weighted by Gasteiger charge is -2.43. The third-order valence-electron chi connectivity index (χ3n) is 7.13. The average Bonchev–Trinajstić information content (AvgIpc) is 2.57. The van der Waals surface area contributed by atoms with Gasteiger partial charge in [0.25, 0.3) is 0 Å². The highest BCUT2D eigenvalue weighted by Crippen LogP contribution is 2.38. The second-order valence-electron chi connectivity index (χ2n) is 7.23. The Morgan fingerprint density at radius 3 is 0.913 bits per heavy atom. The molecule has 0 fully saturated rings. The summed E-state index contributed by atoms with van der Waals surface area (Å²) < 4.78 is 27.6. The van der Waals surface area contributed by atoms with Crippen molar-refractivity contribution in [2.45, 2.75) is 114 Å². The number of rotatable bonds is 12. The van der Waals surface area contributed by atoms with E-state index in [0.717, 1.165) is 49.1 Å². The van der Waals surface area contributed by atoms with Crippen LogP contribution in [0.4, 0.5) is 0 Å². The van der Waals surface area contributed by atoms with Crippen molar-refractivity contribution >= 4 is 26.0 Å². The summed E-state index contributed by atoms with van der Waals surface area (Å²) in [6.45, 7) is 17.7. The Labute approximate surface area is 148 Å². The predicted octanol–water partition coefficient (Wildman–Crippen LogP) is 6.05. The zero-order valence-corrected chi connectivity index (χ0v) is 19.9. The minimum Gasteiger partial charge on any atom is -0.229 e. The van der Waals surface area contributed by atoms with Gasteiger partial charge in [-0.2, -0.15) is 0 Å². The van der Waals surface area contributed by atoms with Crippen LogP contribution in [0.2, 0.25) is 36.3 Å². The monoisotopic (exact) mass is 378 g/mol. The molecule has 23 heavy (non-hydrogen) atoms. The molecular weight excluding hydrogens is 336 g/mol. The van der Waals surface area contributed by atoms with Crippen LogP contribution in [-0.2, 0) is 9.84 Å². The summed E-state index contributed by atoms with van der Waals surface area (Å²) in [6, 6.07) is 6.63. The highest BCUT2D eigenvalue weighted by atomic mass is 32.2. The molecule has 5 heteroatoms. The van der Waals surface area contributed by atoms with Gasteiger partial charge in [0.1, 0.15) is 0 Å². The van der Waals surface area contributed by atoms with Gasteiger partial charge in [-0.3, -0.25) is 0 Å². The summed E-state index contributed by atoms with van der Waals surface area (Å²) in [5.74, 6) is 0. The Bertz CT molecular complexity index is 376. The summed E-state index contributed by atoms with van der Waals surface area (Å²) >= 11 is 0. The lowest BCUT2D eigenvalue weighted by Crippen LogP contribution is -2.59. The van der Waals surface area contributed by atoms with Crippen molar-refractivity contribution in [1.82, 2.24) is 0 Å². The Morgan fingerprint density at radius 2 is 0.783 bits per heavy atom. The molecule has 2 atom stereocenters. The van der Waals surface area contributed by atoms with Gasteiger partial charge in [-0.05, 0) is 12.8 Å². The van der Waals surface area contributed by atoms with Crippen molar-refractivity contribution in [2.24, 2.45) is 0 Å². The maximum Gasteiger partial charge on any atom is 0.150 e. The van der Waals surface area contributed by atoms with E-state index >= 15 is 0 Å².